The maximum atomic E-state index is 2.51. The van der Waals surface area contributed by atoms with Crippen molar-refractivity contribution in [2.24, 2.45) is 0 Å². The van der Waals surface area contributed by atoms with Crippen molar-refractivity contribution in [3.05, 3.63) is 249 Å². The summed E-state index contributed by atoms with van der Waals surface area (Å²) in [5, 5.41) is 10.5. The molecule has 0 radical (unpaired) electrons. The highest BCUT2D eigenvalue weighted by Crippen LogP contribution is 2.53. The molecule has 0 N–H and O–H groups in total. The van der Waals surface area contributed by atoms with Crippen LogP contribution in [0.2, 0.25) is 0 Å². The highest BCUT2D eigenvalue weighted by Gasteiger charge is 2.42. The Hall–Kier alpha value is -7.83. The van der Waals surface area contributed by atoms with Crippen LogP contribution in [-0.4, -0.2) is 17.2 Å². The van der Waals surface area contributed by atoms with E-state index in [9.17, 15) is 0 Å². The van der Waals surface area contributed by atoms with Crippen molar-refractivity contribution in [3.8, 4) is 11.4 Å². The van der Waals surface area contributed by atoms with E-state index in [1.54, 1.807) is 0 Å². The third-order valence-electron chi connectivity index (χ3n) is 13.4. The Morgan fingerprint density at radius 1 is 0.277 bits per heavy atom. The van der Waals surface area contributed by atoms with E-state index >= 15 is 0 Å². The van der Waals surface area contributed by atoms with Gasteiger partial charge in [0, 0.05) is 48.4 Å². The summed E-state index contributed by atoms with van der Waals surface area (Å²) in [6, 6.07) is 92.3. The molecule has 0 fully saturated rings. The Morgan fingerprint density at radius 3 is 1.03 bits per heavy atom. The lowest BCUT2D eigenvalue weighted by molar-refractivity contribution is 1.11. The molecular formula is C60H41N3SSi. The molecule has 0 saturated carbocycles. The van der Waals surface area contributed by atoms with Gasteiger partial charge < -0.3 is 14.0 Å². The average molecular weight is 864 g/mol. The van der Waals surface area contributed by atoms with Gasteiger partial charge in [0.05, 0.1) is 33.4 Å². The van der Waals surface area contributed by atoms with E-state index in [0.29, 0.717) is 0 Å². The third-order valence-corrected chi connectivity index (χ3v) is 19.3. The summed E-state index contributed by atoms with van der Waals surface area (Å²) in [4.78, 5) is 4.93. The summed E-state index contributed by atoms with van der Waals surface area (Å²) in [5.74, 6) is 0. The van der Waals surface area contributed by atoms with Crippen LogP contribution in [0.15, 0.2) is 259 Å². The van der Waals surface area contributed by atoms with Crippen LogP contribution in [0, 0.1) is 0 Å². The molecule has 0 amide bonds. The third kappa shape index (κ3) is 5.83. The smallest absolute Gasteiger partial charge is 0.179 e. The predicted octanol–water partition coefficient (Wildman–Crippen LogP) is 13.2. The highest BCUT2D eigenvalue weighted by molar-refractivity contribution is 7.99. The van der Waals surface area contributed by atoms with Crippen molar-refractivity contribution in [1.82, 2.24) is 9.13 Å². The number of hydrogen-bond donors (Lipinski definition) is 0. The largest absolute Gasteiger partial charge is 0.309 e. The number of anilines is 3. The molecule has 1 aliphatic rings. The van der Waals surface area contributed by atoms with Gasteiger partial charge >= 0.3 is 0 Å². The van der Waals surface area contributed by atoms with E-state index in [0.717, 1.165) is 17.1 Å². The van der Waals surface area contributed by atoms with Crippen molar-refractivity contribution >= 4 is 101 Å². The second kappa shape index (κ2) is 15.2. The van der Waals surface area contributed by atoms with Gasteiger partial charge in [-0.1, -0.05) is 188 Å². The summed E-state index contributed by atoms with van der Waals surface area (Å²) in [5.41, 5.74) is 10.6. The van der Waals surface area contributed by atoms with Gasteiger partial charge in [0.1, 0.15) is 0 Å². The van der Waals surface area contributed by atoms with E-state index in [1.807, 2.05) is 11.8 Å². The molecule has 3 nitrogen and oxygen atoms in total. The first-order valence-electron chi connectivity index (χ1n) is 22.3. The lowest BCUT2D eigenvalue weighted by Gasteiger charge is -2.37. The number of nitrogens with zero attached hydrogens (tertiary/aromatic N) is 3. The van der Waals surface area contributed by atoms with Crippen molar-refractivity contribution in [2.75, 3.05) is 4.90 Å². The molecule has 1 aliphatic heterocycles. The number of para-hydroxylation sites is 4. The first kappa shape index (κ1) is 37.7. The van der Waals surface area contributed by atoms with Crippen molar-refractivity contribution in [1.29, 1.82) is 0 Å². The van der Waals surface area contributed by atoms with Crippen molar-refractivity contribution in [2.45, 2.75) is 9.79 Å². The van der Waals surface area contributed by atoms with Gasteiger partial charge in [-0.3, -0.25) is 0 Å². The van der Waals surface area contributed by atoms with Crippen LogP contribution in [0.4, 0.5) is 17.1 Å². The quantitative estimate of drug-likeness (QED) is 0.117. The molecule has 65 heavy (non-hydrogen) atoms. The molecular weight excluding hydrogens is 823 g/mol. The van der Waals surface area contributed by atoms with Crippen molar-refractivity contribution < 1.29 is 0 Å². The molecule has 10 aromatic carbocycles. The van der Waals surface area contributed by atoms with Gasteiger partial charge in [-0.25, -0.2) is 0 Å². The van der Waals surface area contributed by atoms with E-state index in [1.165, 1.54) is 85.5 Å². The first-order valence-corrected chi connectivity index (χ1v) is 25.1. The summed E-state index contributed by atoms with van der Waals surface area (Å²) >= 11 is 1.87. The van der Waals surface area contributed by atoms with Crippen LogP contribution in [-0.2, 0) is 0 Å². The molecule has 12 aromatic rings. The van der Waals surface area contributed by atoms with Crippen LogP contribution in [0.1, 0.15) is 0 Å². The molecule has 2 aromatic heterocycles. The average Bonchev–Trinajstić information content (AvgIpc) is 3.90. The molecule has 5 heteroatoms. The minimum atomic E-state index is -2.81. The van der Waals surface area contributed by atoms with Gasteiger partial charge in [0.2, 0.25) is 0 Å². The monoisotopic (exact) mass is 863 g/mol. The highest BCUT2D eigenvalue weighted by atomic mass is 32.2. The molecule has 0 aliphatic carbocycles. The zero-order valence-corrected chi connectivity index (χ0v) is 37.2. The Morgan fingerprint density at radius 2 is 0.631 bits per heavy atom. The second-order valence-corrected chi connectivity index (χ2v) is 21.8. The predicted molar refractivity (Wildman–Crippen MR) is 278 cm³/mol. The standard InChI is InChI=1S/C60H41N3SSi/c1-4-20-45(21-5-1)65(46-22-6-2-7-23-46,47-24-8-3-9-25-47)48-26-18-19-42(39-48)63-57-37-35-43(61-53-31-14-10-27-49(53)50-28-11-15-32-54(50)61)40-59(57)64-60-41-44(36-38-58(60)63)62-55-33-16-12-29-51(55)52-30-13-17-34-56(52)62/h1-41H. The normalized spacial score (nSPS) is 12.5. The minimum Gasteiger partial charge on any atom is -0.309 e. The lowest BCUT2D eigenvalue weighted by atomic mass is 10.1. The fraction of sp³-hybridized carbons (Fsp3) is 0. The minimum absolute atomic E-state index is 1.14. The summed E-state index contributed by atoms with van der Waals surface area (Å²) in [7, 11) is -2.81. The Kier molecular flexibility index (Phi) is 8.80. The number of rotatable bonds is 7. The molecule has 0 spiro atoms. The van der Waals surface area contributed by atoms with Crippen LogP contribution in [0.5, 0.6) is 0 Å². The Bertz CT molecular complexity index is 3400. The number of fused-ring (bicyclic) bond motifs is 8. The fourth-order valence-electron chi connectivity index (χ4n) is 10.7. The van der Waals surface area contributed by atoms with Crippen LogP contribution in [0.25, 0.3) is 55.0 Å². The molecule has 0 atom stereocenters. The number of benzene rings is 10. The molecule has 0 unspecified atom stereocenters. The van der Waals surface area contributed by atoms with Crippen LogP contribution in [0.3, 0.4) is 0 Å². The van der Waals surface area contributed by atoms with Gasteiger partial charge in [-0.15, -0.1) is 0 Å². The second-order valence-electron chi connectivity index (χ2n) is 16.9. The van der Waals surface area contributed by atoms with Crippen molar-refractivity contribution in [3.63, 3.8) is 0 Å². The summed E-state index contributed by atoms with van der Waals surface area (Å²) in [6.07, 6.45) is 0. The molecule has 13 rings (SSSR count). The van der Waals surface area contributed by atoms with E-state index < -0.39 is 8.07 Å². The van der Waals surface area contributed by atoms with Crippen LogP contribution >= 0.6 is 11.8 Å². The number of aromatic nitrogens is 2. The topological polar surface area (TPSA) is 13.1 Å². The van der Waals surface area contributed by atoms with Gasteiger partial charge in [0.15, 0.2) is 8.07 Å². The van der Waals surface area contributed by atoms with Gasteiger partial charge in [-0.05, 0) is 93.5 Å². The molecule has 306 valence electrons. The Labute approximate surface area is 383 Å². The number of hydrogen-bond acceptors (Lipinski definition) is 2. The fourth-order valence-corrected chi connectivity index (χ4v) is 16.6. The molecule has 0 saturated heterocycles. The van der Waals surface area contributed by atoms with Gasteiger partial charge in [0.25, 0.3) is 0 Å². The maximum Gasteiger partial charge on any atom is 0.179 e. The molecule has 0 bridgehead atoms. The van der Waals surface area contributed by atoms with E-state index in [4.69, 9.17) is 0 Å². The SMILES string of the molecule is c1ccc([Si](c2ccccc2)(c2ccccc2)c2cccc(N3c4ccc(-n5c6ccccc6c6ccccc65)cc4Sc4cc(-n5c6ccccc6c6ccccc65)ccc43)c2)cc1. The first-order chi connectivity index (χ1) is 32.3. The summed E-state index contributed by atoms with van der Waals surface area (Å²) in [6.45, 7) is 0. The van der Waals surface area contributed by atoms with Gasteiger partial charge in [-0.2, -0.15) is 0 Å². The lowest BCUT2D eigenvalue weighted by Crippen LogP contribution is -2.74. The van der Waals surface area contributed by atoms with E-state index in [2.05, 4.69) is 263 Å². The van der Waals surface area contributed by atoms with E-state index in [-0.39, 0.29) is 0 Å². The zero-order chi connectivity index (χ0) is 42.9. The maximum absolute atomic E-state index is 2.81. The Balaban J connectivity index is 1.05. The summed E-state index contributed by atoms with van der Waals surface area (Å²) < 4.78 is 4.86. The van der Waals surface area contributed by atoms with Crippen LogP contribution < -0.4 is 25.6 Å². The zero-order valence-electron chi connectivity index (χ0n) is 35.4. The molecule has 3 heterocycles.